The number of nitrogens with zero attached hydrogens (tertiary/aromatic N) is 1. The summed E-state index contributed by atoms with van der Waals surface area (Å²) in [6.07, 6.45) is 6.57. The fraction of sp³-hybridized carbons (Fsp3) is 0.500. The average Bonchev–Trinajstić information content (AvgIpc) is 2.71. The van der Waals surface area contributed by atoms with E-state index in [9.17, 15) is 0 Å². The third-order valence-electron chi connectivity index (χ3n) is 3.58. The van der Waals surface area contributed by atoms with Crippen LogP contribution in [0.3, 0.4) is 0 Å². The zero-order chi connectivity index (χ0) is 13.8. The highest BCUT2D eigenvalue weighted by atomic mass is 35.5. The highest BCUT2D eigenvalue weighted by Gasteiger charge is 2.30. The van der Waals surface area contributed by atoms with Crippen LogP contribution in [0.15, 0.2) is 30.9 Å². The van der Waals surface area contributed by atoms with Crippen LogP contribution in [0.2, 0.25) is 0 Å². The Bertz CT molecular complexity index is 442. The van der Waals surface area contributed by atoms with E-state index in [1.54, 1.807) is 0 Å². The molecule has 0 aromatic heterocycles. The molecule has 0 fully saturated rings. The first-order chi connectivity index (χ1) is 9.15. The molecule has 0 spiro atoms. The summed E-state index contributed by atoms with van der Waals surface area (Å²) >= 11 is 6.40. The van der Waals surface area contributed by atoms with E-state index in [0.717, 1.165) is 12.8 Å². The van der Waals surface area contributed by atoms with E-state index in [2.05, 4.69) is 48.8 Å². The molecule has 0 saturated heterocycles. The molecule has 0 saturated carbocycles. The van der Waals surface area contributed by atoms with Gasteiger partial charge in [-0.05, 0) is 51.2 Å². The normalized spacial score (nSPS) is 17.5. The van der Waals surface area contributed by atoms with Crippen LogP contribution in [0, 0.1) is 0 Å². The molecule has 1 atom stereocenters. The number of benzene rings is 1. The molecule has 1 aromatic rings. The number of unbranched alkanes of at least 4 members (excludes halogenated alkanes) is 2. The molecule has 1 unspecified atom stereocenters. The Hall–Kier alpha value is -1.15. The van der Waals surface area contributed by atoms with E-state index < -0.39 is 0 Å². The van der Waals surface area contributed by atoms with Gasteiger partial charge >= 0.3 is 0 Å². The molecular formula is C16H23ClN2. The van der Waals surface area contributed by atoms with Gasteiger partial charge in [-0.2, -0.15) is 0 Å². The minimum absolute atomic E-state index is 0.135. The van der Waals surface area contributed by atoms with Crippen molar-refractivity contribution in [1.82, 2.24) is 0 Å². The number of hydrogen-bond acceptors (Lipinski definition) is 2. The first-order valence-corrected chi connectivity index (χ1v) is 7.50. The maximum atomic E-state index is 6.40. The molecule has 19 heavy (non-hydrogen) atoms. The third kappa shape index (κ3) is 3.06. The van der Waals surface area contributed by atoms with Crippen LogP contribution in [0.1, 0.15) is 38.7 Å². The molecule has 1 aliphatic rings. The second kappa shape index (κ2) is 6.33. The van der Waals surface area contributed by atoms with Crippen molar-refractivity contribution in [3.63, 3.8) is 0 Å². The quantitative estimate of drug-likeness (QED) is 0.350. The van der Waals surface area contributed by atoms with Crippen molar-refractivity contribution >= 4 is 23.0 Å². The van der Waals surface area contributed by atoms with Crippen LogP contribution >= 0.6 is 11.6 Å². The Morgan fingerprint density at radius 1 is 1.42 bits per heavy atom. The molecule has 2 rings (SSSR count). The van der Waals surface area contributed by atoms with E-state index in [4.69, 9.17) is 11.6 Å². The molecular weight excluding hydrogens is 256 g/mol. The summed E-state index contributed by atoms with van der Waals surface area (Å²) in [4.78, 5) is 2.23. The van der Waals surface area contributed by atoms with Crippen molar-refractivity contribution in [1.29, 1.82) is 0 Å². The molecule has 1 aromatic carbocycles. The fourth-order valence-electron chi connectivity index (χ4n) is 2.63. The number of alkyl halides is 1. The van der Waals surface area contributed by atoms with Crippen molar-refractivity contribution in [2.75, 3.05) is 10.2 Å². The van der Waals surface area contributed by atoms with Crippen LogP contribution in [0.5, 0.6) is 0 Å². The van der Waals surface area contributed by atoms with E-state index in [1.165, 1.54) is 29.8 Å². The minimum atomic E-state index is -0.135. The van der Waals surface area contributed by atoms with Crippen molar-refractivity contribution in [3.8, 4) is 0 Å². The lowest BCUT2D eigenvalue weighted by Crippen LogP contribution is -2.36. The second-order valence-corrected chi connectivity index (χ2v) is 5.74. The highest BCUT2D eigenvalue weighted by molar-refractivity contribution is 6.24. The number of rotatable bonds is 6. The van der Waals surface area contributed by atoms with Crippen molar-refractivity contribution in [3.05, 3.63) is 36.4 Å². The van der Waals surface area contributed by atoms with E-state index in [0.29, 0.717) is 6.04 Å². The van der Waals surface area contributed by atoms with Gasteiger partial charge in [-0.25, -0.2) is 0 Å². The molecule has 0 aliphatic carbocycles. The predicted molar refractivity (Wildman–Crippen MR) is 85.1 cm³/mol. The molecule has 2 nitrogen and oxygen atoms in total. The monoisotopic (exact) mass is 278 g/mol. The summed E-state index contributed by atoms with van der Waals surface area (Å²) in [5.74, 6) is 0. The number of fused-ring (bicyclic) bond motifs is 1. The zero-order valence-electron chi connectivity index (χ0n) is 11.8. The number of nitrogens with one attached hydrogen (secondary N) is 1. The van der Waals surface area contributed by atoms with Gasteiger partial charge in [-0.1, -0.05) is 29.8 Å². The number of aryl methyl sites for hydroxylation is 1. The lowest BCUT2D eigenvalue weighted by molar-refractivity contribution is 0.700. The van der Waals surface area contributed by atoms with Gasteiger partial charge < -0.3 is 10.2 Å². The molecule has 0 radical (unpaired) electrons. The number of anilines is 2. The summed E-state index contributed by atoms with van der Waals surface area (Å²) in [6, 6.07) is 6.88. The lowest BCUT2D eigenvalue weighted by atomic mass is 10.0. The Labute approximate surface area is 121 Å². The van der Waals surface area contributed by atoms with Crippen molar-refractivity contribution in [2.45, 2.75) is 51.2 Å². The van der Waals surface area contributed by atoms with E-state index in [-0.39, 0.29) is 5.62 Å². The topological polar surface area (TPSA) is 15.3 Å². The van der Waals surface area contributed by atoms with Crippen LogP contribution in [0.4, 0.5) is 11.4 Å². The molecule has 104 valence electrons. The van der Waals surface area contributed by atoms with Crippen LogP contribution < -0.4 is 10.2 Å². The van der Waals surface area contributed by atoms with Gasteiger partial charge in [-0.3, -0.25) is 0 Å². The SMILES string of the molecule is C=CCCCCc1cccc2c1NC(Cl)N2C(C)C. The summed E-state index contributed by atoms with van der Waals surface area (Å²) < 4.78 is 0. The number of hydrogen-bond donors (Lipinski definition) is 1. The standard InChI is InChI=1S/C16H23ClN2/c1-4-5-6-7-9-13-10-8-11-14-15(13)18-16(17)19(14)12(2)3/h4,8,10-12,16,18H,1,5-7,9H2,2-3H3. The van der Waals surface area contributed by atoms with Crippen LogP contribution in [-0.2, 0) is 6.42 Å². The minimum Gasteiger partial charge on any atom is -0.351 e. The second-order valence-electron chi connectivity index (χ2n) is 5.33. The van der Waals surface area contributed by atoms with Crippen LogP contribution in [-0.4, -0.2) is 11.7 Å². The number of halogens is 1. The van der Waals surface area contributed by atoms with E-state index in [1.807, 2.05) is 6.08 Å². The molecule has 0 bridgehead atoms. The largest absolute Gasteiger partial charge is 0.351 e. The first-order valence-electron chi connectivity index (χ1n) is 7.07. The predicted octanol–water partition coefficient (Wildman–Crippen LogP) is 4.75. The highest BCUT2D eigenvalue weighted by Crippen LogP contribution is 2.40. The number of para-hydroxylation sites is 1. The summed E-state index contributed by atoms with van der Waals surface area (Å²) in [7, 11) is 0. The summed E-state index contributed by atoms with van der Waals surface area (Å²) in [5.41, 5.74) is 3.69. The fourth-order valence-corrected chi connectivity index (χ4v) is 3.07. The Balaban J connectivity index is 2.14. The van der Waals surface area contributed by atoms with Gasteiger partial charge in [0.25, 0.3) is 0 Å². The Morgan fingerprint density at radius 3 is 2.89 bits per heavy atom. The number of allylic oxidation sites excluding steroid dienone is 1. The van der Waals surface area contributed by atoms with Gasteiger partial charge in [0.1, 0.15) is 0 Å². The Morgan fingerprint density at radius 2 is 2.21 bits per heavy atom. The van der Waals surface area contributed by atoms with Gasteiger partial charge in [0.15, 0.2) is 5.62 Å². The molecule has 1 aliphatic heterocycles. The molecule has 3 heteroatoms. The maximum absolute atomic E-state index is 6.40. The summed E-state index contributed by atoms with van der Waals surface area (Å²) in [6.45, 7) is 8.10. The van der Waals surface area contributed by atoms with Gasteiger partial charge in [0.2, 0.25) is 0 Å². The molecule has 1 heterocycles. The van der Waals surface area contributed by atoms with Gasteiger partial charge in [-0.15, -0.1) is 6.58 Å². The average molecular weight is 279 g/mol. The van der Waals surface area contributed by atoms with Crippen LogP contribution in [0.25, 0.3) is 0 Å². The van der Waals surface area contributed by atoms with Gasteiger partial charge in [0.05, 0.1) is 11.4 Å². The maximum Gasteiger partial charge on any atom is 0.178 e. The molecule has 1 N–H and O–H groups in total. The lowest BCUT2D eigenvalue weighted by Gasteiger charge is -2.26. The Kier molecular flexibility index (Phi) is 4.76. The first kappa shape index (κ1) is 14.3. The third-order valence-corrected chi connectivity index (χ3v) is 3.89. The van der Waals surface area contributed by atoms with E-state index >= 15 is 0 Å². The smallest absolute Gasteiger partial charge is 0.178 e. The summed E-state index contributed by atoms with van der Waals surface area (Å²) in [5, 5.41) is 3.41. The molecule has 0 amide bonds. The van der Waals surface area contributed by atoms with Gasteiger partial charge in [0, 0.05) is 6.04 Å². The zero-order valence-corrected chi connectivity index (χ0v) is 12.6. The van der Waals surface area contributed by atoms with Crippen molar-refractivity contribution in [2.24, 2.45) is 0 Å². The van der Waals surface area contributed by atoms with Crippen molar-refractivity contribution < 1.29 is 0 Å².